The number of hydrogen-bond acceptors (Lipinski definition) is 4. The molecule has 0 saturated carbocycles. The molecule has 0 radical (unpaired) electrons. The van der Waals surface area contributed by atoms with Crippen molar-refractivity contribution in [3.05, 3.63) is 30.1 Å². The molecule has 1 aliphatic rings. The molecule has 2 atom stereocenters. The summed E-state index contributed by atoms with van der Waals surface area (Å²) in [7, 11) is 0. The molecule has 0 spiro atoms. The van der Waals surface area contributed by atoms with Crippen LogP contribution in [0.2, 0.25) is 0 Å². The van der Waals surface area contributed by atoms with Crippen LogP contribution in [0.25, 0.3) is 11.0 Å². The summed E-state index contributed by atoms with van der Waals surface area (Å²) in [5.41, 5.74) is 2.03. The average Bonchev–Trinajstić information content (AvgIpc) is 3.26. The van der Waals surface area contributed by atoms with Crippen LogP contribution in [0.1, 0.15) is 37.8 Å². The van der Waals surface area contributed by atoms with Gasteiger partial charge in [-0.15, -0.1) is 24.2 Å². The smallest absolute Gasteiger partial charge is 0.232 e. The minimum atomic E-state index is 0. The Morgan fingerprint density at radius 1 is 1.44 bits per heavy atom. The molecule has 1 fully saturated rings. The second-order valence-electron chi connectivity index (χ2n) is 6.33. The first-order valence-electron chi connectivity index (χ1n) is 8.75. The van der Waals surface area contributed by atoms with Gasteiger partial charge in [-0.25, -0.2) is 4.98 Å². The zero-order chi connectivity index (χ0) is 16.9. The van der Waals surface area contributed by atoms with Crippen LogP contribution in [0.5, 0.6) is 0 Å². The number of nitrogens with zero attached hydrogens (tertiary/aromatic N) is 2. The molecule has 7 heteroatoms. The number of benzene rings is 1. The highest BCUT2D eigenvalue weighted by atomic mass is 35.5. The van der Waals surface area contributed by atoms with Crippen LogP contribution < -0.4 is 5.32 Å². The summed E-state index contributed by atoms with van der Waals surface area (Å²) >= 11 is 1.66. The van der Waals surface area contributed by atoms with E-state index in [0.717, 1.165) is 49.3 Å². The van der Waals surface area contributed by atoms with E-state index in [9.17, 15) is 4.79 Å². The van der Waals surface area contributed by atoms with Crippen LogP contribution in [0.15, 0.2) is 24.3 Å². The number of carbonyl (C=O) groups excluding carboxylic acids is 1. The summed E-state index contributed by atoms with van der Waals surface area (Å²) in [4.78, 5) is 22.7. The highest BCUT2D eigenvalue weighted by Crippen LogP contribution is 2.28. The van der Waals surface area contributed by atoms with Crippen molar-refractivity contribution in [2.24, 2.45) is 0 Å². The van der Waals surface area contributed by atoms with E-state index in [1.165, 1.54) is 0 Å². The fourth-order valence-electron chi connectivity index (χ4n) is 3.18. The number of para-hydroxylation sites is 2. The maximum atomic E-state index is 12.7. The van der Waals surface area contributed by atoms with E-state index in [0.29, 0.717) is 11.8 Å². The molecule has 1 aromatic carbocycles. The fraction of sp³-hybridized carbons (Fsp3) is 0.556. The van der Waals surface area contributed by atoms with E-state index in [4.69, 9.17) is 0 Å². The third-order valence-electron chi connectivity index (χ3n) is 4.51. The molecule has 138 valence electrons. The number of hydrogen-bond donors (Lipinski definition) is 2. The Bertz CT molecular complexity index is 654. The summed E-state index contributed by atoms with van der Waals surface area (Å²) in [6.45, 7) is 7.03. The SMILES string of the molecule is CCCN(C(=O)CSC(C)c1nc2ccccc2[nH]1)C1CCNC1.Cl. The third kappa shape index (κ3) is 4.90. The average molecular weight is 383 g/mol. The molecule has 2 heterocycles. The van der Waals surface area contributed by atoms with Crippen molar-refractivity contribution in [1.82, 2.24) is 20.2 Å². The van der Waals surface area contributed by atoms with Crippen molar-refractivity contribution in [2.45, 2.75) is 38.0 Å². The summed E-state index contributed by atoms with van der Waals surface area (Å²) in [6.07, 6.45) is 2.07. The molecule has 1 saturated heterocycles. The van der Waals surface area contributed by atoms with E-state index in [-0.39, 0.29) is 23.6 Å². The highest BCUT2D eigenvalue weighted by Gasteiger charge is 2.26. The van der Waals surface area contributed by atoms with Gasteiger partial charge in [0.1, 0.15) is 5.82 Å². The largest absolute Gasteiger partial charge is 0.341 e. The molecule has 0 bridgehead atoms. The predicted octanol–water partition coefficient (Wildman–Crippen LogP) is 3.38. The van der Waals surface area contributed by atoms with Gasteiger partial charge in [0.2, 0.25) is 5.91 Å². The number of nitrogens with one attached hydrogen (secondary N) is 2. The number of fused-ring (bicyclic) bond motifs is 1. The lowest BCUT2D eigenvalue weighted by Gasteiger charge is -2.28. The van der Waals surface area contributed by atoms with Crippen LogP contribution in [0, 0.1) is 0 Å². The number of H-pyrrole nitrogens is 1. The standard InChI is InChI=1S/C18H26N4OS.ClH/c1-3-10-22(14-8-9-19-11-14)17(23)12-24-13(2)18-20-15-6-4-5-7-16(15)21-18;/h4-7,13-14,19H,3,8-12H2,1-2H3,(H,20,21);1H. The predicted molar refractivity (Wildman–Crippen MR) is 107 cm³/mol. The molecule has 1 amide bonds. The first-order chi connectivity index (χ1) is 11.7. The normalized spacial score (nSPS) is 18.1. The topological polar surface area (TPSA) is 61.0 Å². The van der Waals surface area contributed by atoms with E-state index in [1.54, 1.807) is 11.8 Å². The maximum absolute atomic E-state index is 12.7. The van der Waals surface area contributed by atoms with Gasteiger partial charge < -0.3 is 15.2 Å². The number of aromatic nitrogens is 2. The molecule has 2 N–H and O–H groups in total. The summed E-state index contributed by atoms with van der Waals surface area (Å²) in [5.74, 6) is 1.70. The molecule has 25 heavy (non-hydrogen) atoms. The molecule has 0 aliphatic carbocycles. The zero-order valence-electron chi connectivity index (χ0n) is 14.8. The zero-order valence-corrected chi connectivity index (χ0v) is 16.5. The second-order valence-corrected chi connectivity index (χ2v) is 7.66. The van der Waals surface area contributed by atoms with Crippen molar-refractivity contribution in [1.29, 1.82) is 0 Å². The Morgan fingerprint density at radius 2 is 2.24 bits per heavy atom. The molecule has 1 aromatic heterocycles. The maximum Gasteiger partial charge on any atom is 0.232 e. The summed E-state index contributed by atoms with van der Waals surface area (Å²) in [5, 5.41) is 3.53. The fourth-order valence-corrected chi connectivity index (χ4v) is 4.01. The van der Waals surface area contributed by atoms with Crippen molar-refractivity contribution < 1.29 is 4.79 Å². The van der Waals surface area contributed by atoms with Crippen molar-refractivity contribution in [2.75, 3.05) is 25.4 Å². The number of imidazole rings is 1. The van der Waals surface area contributed by atoms with E-state index in [2.05, 4.69) is 34.0 Å². The lowest BCUT2D eigenvalue weighted by atomic mass is 10.2. The number of carbonyl (C=O) groups is 1. The van der Waals surface area contributed by atoms with E-state index >= 15 is 0 Å². The molecule has 3 rings (SSSR count). The van der Waals surface area contributed by atoms with E-state index < -0.39 is 0 Å². The van der Waals surface area contributed by atoms with Crippen LogP contribution in [-0.4, -0.2) is 52.2 Å². The Kier molecular flexibility index (Phi) is 7.59. The van der Waals surface area contributed by atoms with Gasteiger partial charge in [0, 0.05) is 19.1 Å². The van der Waals surface area contributed by atoms with Crippen LogP contribution >= 0.6 is 24.2 Å². The second kappa shape index (κ2) is 9.46. The Balaban J connectivity index is 0.00000225. The number of rotatable bonds is 7. The first kappa shape index (κ1) is 20.1. The van der Waals surface area contributed by atoms with Crippen molar-refractivity contribution in [3.8, 4) is 0 Å². The Labute approximate surface area is 159 Å². The minimum Gasteiger partial charge on any atom is -0.341 e. The molecular formula is C18H27ClN4OS. The van der Waals surface area contributed by atoms with Gasteiger partial charge in [-0.2, -0.15) is 0 Å². The summed E-state index contributed by atoms with van der Waals surface area (Å²) in [6, 6.07) is 8.40. The molecular weight excluding hydrogens is 356 g/mol. The lowest BCUT2D eigenvalue weighted by Crippen LogP contribution is -2.43. The summed E-state index contributed by atoms with van der Waals surface area (Å²) < 4.78 is 0. The van der Waals surface area contributed by atoms with Gasteiger partial charge in [0.25, 0.3) is 0 Å². The van der Waals surface area contributed by atoms with Crippen LogP contribution in [0.3, 0.4) is 0 Å². The quantitative estimate of drug-likeness (QED) is 0.770. The van der Waals surface area contributed by atoms with Crippen molar-refractivity contribution in [3.63, 3.8) is 0 Å². The van der Waals surface area contributed by atoms with Gasteiger partial charge in [-0.05, 0) is 38.4 Å². The number of thioether (sulfide) groups is 1. The van der Waals surface area contributed by atoms with Crippen LogP contribution in [-0.2, 0) is 4.79 Å². The van der Waals surface area contributed by atoms with Crippen LogP contribution in [0.4, 0.5) is 0 Å². The molecule has 2 unspecified atom stereocenters. The molecule has 2 aromatic rings. The van der Waals surface area contributed by atoms with Gasteiger partial charge in [0.05, 0.1) is 22.0 Å². The number of aromatic amines is 1. The molecule has 1 aliphatic heterocycles. The third-order valence-corrected chi connectivity index (χ3v) is 5.65. The highest BCUT2D eigenvalue weighted by molar-refractivity contribution is 8.00. The number of halogens is 1. The Morgan fingerprint density at radius 3 is 2.92 bits per heavy atom. The van der Waals surface area contributed by atoms with Gasteiger partial charge in [-0.1, -0.05) is 19.1 Å². The van der Waals surface area contributed by atoms with Gasteiger partial charge >= 0.3 is 0 Å². The molecule has 5 nitrogen and oxygen atoms in total. The van der Waals surface area contributed by atoms with E-state index in [1.807, 2.05) is 24.3 Å². The number of amides is 1. The monoisotopic (exact) mass is 382 g/mol. The van der Waals surface area contributed by atoms with Crippen molar-refractivity contribution >= 4 is 41.1 Å². The van der Waals surface area contributed by atoms with Gasteiger partial charge in [-0.3, -0.25) is 4.79 Å². The Hall–Kier alpha value is -1.24. The van der Waals surface area contributed by atoms with Gasteiger partial charge in [0.15, 0.2) is 0 Å². The minimum absolute atomic E-state index is 0. The lowest BCUT2D eigenvalue weighted by molar-refractivity contribution is -0.130. The first-order valence-corrected chi connectivity index (χ1v) is 9.80.